The largest absolute Gasteiger partial charge is 0.508 e. The number of rotatable bonds is 9. The molecule has 4 rings (SSSR count). The molecule has 0 spiro atoms. The second-order valence-corrected chi connectivity index (χ2v) is 10.5. The summed E-state index contributed by atoms with van der Waals surface area (Å²) in [6, 6.07) is 34.6. The number of nitrogens with one attached hydrogen (secondary N) is 1. The van der Waals surface area contributed by atoms with Crippen molar-refractivity contribution in [2.75, 3.05) is 16.0 Å². The third-order valence-corrected chi connectivity index (χ3v) is 7.75. The molecule has 1 atom stereocenters. The van der Waals surface area contributed by atoms with Crippen LogP contribution in [0.2, 0.25) is 0 Å². The molecule has 0 aromatic heterocycles. The monoisotopic (exact) mass is 518 g/mol. The summed E-state index contributed by atoms with van der Waals surface area (Å²) in [6.45, 7) is 0. The van der Waals surface area contributed by atoms with Gasteiger partial charge in [0.1, 0.15) is 11.5 Å². The second kappa shape index (κ2) is 12.5. The van der Waals surface area contributed by atoms with Gasteiger partial charge in [0.15, 0.2) is 5.11 Å². The first kappa shape index (κ1) is 25.0. The highest BCUT2D eigenvalue weighted by Crippen LogP contribution is 2.34. The van der Waals surface area contributed by atoms with Crippen LogP contribution in [0.3, 0.4) is 0 Å². The van der Waals surface area contributed by atoms with Crippen molar-refractivity contribution in [2.24, 2.45) is 0 Å². The molecule has 0 radical (unpaired) electrons. The average Bonchev–Trinajstić information content (AvgIpc) is 2.88. The van der Waals surface area contributed by atoms with Crippen LogP contribution in [0.15, 0.2) is 119 Å². The van der Waals surface area contributed by atoms with Gasteiger partial charge in [-0.1, -0.05) is 36.4 Å². The fraction of sp³-hybridized carbons (Fsp3) is 0.107. The van der Waals surface area contributed by atoms with E-state index in [1.807, 2.05) is 72.8 Å². The summed E-state index contributed by atoms with van der Waals surface area (Å²) < 4.78 is 0. The van der Waals surface area contributed by atoms with Crippen molar-refractivity contribution in [1.29, 1.82) is 0 Å². The highest BCUT2D eigenvalue weighted by molar-refractivity contribution is 8.00. The van der Waals surface area contributed by atoms with Crippen LogP contribution < -0.4 is 10.2 Å². The fourth-order valence-electron chi connectivity index (χ4n) is 3.45. The number of aromatic hydroxyl groups is 2. The number of phenolic OH excluding ortho intramolecular Hbond substituents is 2. The number of phenols is 2. The molecule has 0 heterocycles. The minimum atomic E-state index is -0.00438. The van der Waals surface area contributed by atoms with Crippen LogP contribution in [0.25, 0.3) is 0 Å². The SMILES string of the molecule is Oc1ccc(SCCC(Sc2ccc(O)cc2)N(C(=S)Nc2ccccc2)c2ccccc2)cc1. The van der Waals surface area contributed by atoms with Gasteiger partial charge in [0.25, 0.3) is 0 Å². The van der Waals surface area contributed by atoms with Crippen LogP contribution in [0, 0.1) is 0 Å². The highest BCUT2D eigenvalue weighted by Gasteiger charge is 2.24. The summed E-state index contributed by atoms with van der Waals surface area (Å²) in [5.74, 6) is 1.37. The molecule has 3 N–H and O–H groups in total. The molecule has 4 nitrogen and oxygen atoms in total. The van der Waals surface area contributed by atoms with Gasteiger partial charge < -0.3 is 20.4 Å². The maximum atomic E-state index is 9.75. The van der Waals surface area contributed by atoms with Crippen molar-refractivity contribution >= 4 is 52.2 Å². The molecular formula is C28H26N2O2S3. The molecule has 4 aromatic carbocycles. The first-order valence-electron chi connectivity index (χ1n) is 11.2. The Bertz CT molecular complexity index is 1200. The Balaban J connectivity index is 1.60. The van der Waals surface area contributed by atoms with E-state index in [2.05, 4.69) is 22.3 Å². The van der Waals surface area contributed by atoms with E-state index in [4.69, 9.17) is 12.2 Å². The number of hydrogen-bond donors (Lipinski definition) is 3. The van der Waals surface area contributed by atoms with E-state index >= 15 is 0 Å². The van der Waals surface area contributed by atoms with Crippen molar-refractivity contribution in [3.8, 4) is 11.5 Å². The summed E-state index contributed by atoms with van der Waals surface area (Å²) in [5, 5.41) is 23.3. The maximum Gasteiger partial charge on any atom is 0.178 e. The molecule has 0 saturated carbocycles. The van der Waals surface area contributed by atoms with Gasteiger partial charge in [0.05, 0.1) is 5.37 Å². The molecule has 0 amide bonds. The third-order valence-electron chi connectivity index (χ3n) is 5.15. The van der Waals surface area contributed by atoms with E-state index < -0.39 is 0 Å². The molecule has 4 aromatic rings. The summed E-state index contributed by atoms with van der Waals surface area (Å²) in [7, 11) is 0. The molecule has 0 fully saturated rings. The first-order chi connectivity index (χ1) is 17.1. The van der Waals surface area contributed by atoms with Crippen molar-refractivity contribution in [3.05, 3.63) is 109 Å². The molecule has 0 aliphatic carbocycles. The Morgan fingerprint density at radius 1 is 0.743 bits per heavy atom. The van der Waals surface area contributed by atoms with Crippen LogP contribution in [0.5, 0.6) is 11.5 Å². The van der Waals surface area contributed by atoms with Gasteiger partial charge in [0.2, 0.25) is 0 Å². The predicted octanol–water partition coefficient (Wildman–Crippen LogP) is 7.60. The molecule has 0 saturated heterocycles. The first-order valence-corrected chi connectivity index (χ1v) is 13.4. The molecule has 7 heteroatoms. The Morgan fingerprint density at radius 3 is 1.89 bits per heavy atom. The summed E-state index contributed by atoms with van der Waals surface area (Å²) in [5.41, 5.74) is 1.94. The number of thioether (sulfide) groups is 2. The van der Waals surface area contributed by atoms with Gasteiger partial charge in [0, 0.05) is 26.9 Å². The number of hydrogen-bond acceptors (Lipinski definition) is 5. The standard InChI is InChI=1S/C28H26N2O2S3/c31-23-11-15-25(16-12-23)34-20-19-27(35-26-17-13-24(32)14-18-26)30(22-9-5-2-6-10-22)28(33)29-21-7-3-1-4-8-21/h1-18,27,31-32H,19-20H2,(H,29,33). The van der Waals surface area contributed by atoms with Crippen LogP contribution in [0.1, 0.15) is 6.42 Å². The Kier molecular flexibility index (Phi) is 8.95. The van der Waals surface area contributed by atoms with E-state index in [9.17, 15) is 10.2 Å². The van der Waals surface area contributed by atoms with Crippen molar-refractivity contribution in [3.63, 3.8) is 0 Å². The summed E-state index contributed by atoms with van der Waals surface area (Å²) >= 11 is 9.39. The average molecular weight is 519 g/mol. The van der Waals surface area contributed by atoms with Crippen LogP contribution in [-0.2, 0) is 0 Å². The van der Waals surface area contributed by atoms with Gasteiger partial charge in [-0.15, -0.1) is 23.5 Å². The van der Waals surface area contributed by atoms with Gasteiger partial charge in [-0.25, -0.2) is 0 Å². The zero-order valence-electron chi connectivity index (χ0n) is 19.0. The van der Waals surface area contributed by atoms with Crippen molar-refractivity contribution in [2.45, 2.75) is 21.6 Å². The van der Waals surface area contributed by atoms with Crippen LogP contribution in [0.4, 0.5) is 11.4 Å². The summed E-state index contributed by atoms with van der Waals surface area (Å²) in [4.78, 5) is 4.32. The fourth-order valence-corrected chi connectivity index (χ4v) is 6.10. The van der Waals surface area contributed by atoms with E-state index in [-0.39, 0.29) is 16.9 Å². The molecule has 1 unspecified atom stereocenters. The summed E-state index contributed by atoms with van der Waals surface area (Å²) in [6.07, 6.45) is 0.836. The van der Waals surface area contributed by atoms with E-state index in [1.165, 1.54) is 0 Å². The van der Waals surface area contributed by atoms with Gasteiger partial charge >= 0.3 is 0 Å². The van der Waals surface area contributed by atoms with E-state index in [1.54, 1.807) is 47.8 Å². The molecule has 0 aliphatic heterocycles. The highest BCUT2D eigenvalue weighted by atomic mass is 32.2. The number of benzene rings is 4. The number of para-hydroxylation sites is 2. The second-order valence-electron chi connectivity index (χ2n) is 7.70. The molecule has 178 valence electrons. The molecule has 0 bridgehead atoms. The quantitative estimate of drug-likeness (QED) is 0.120. The molecule has 35 heavy (non-hydrogen) atoms. The third kappa shape index (κ3) is 7.42. The zero-order chi connectivity index (χ0) is 24.5. The Labute approximate surface area is 220 Å². The normalized spacial score (nSPS) is 11.5. The van der Waals surface area contributed by atoms with E-state index in [0.29, 0.717) is 5.11 Å². The van der Waals surface area contributed by atoms with Gasteiger partial charge in [-0.2, -0.15) is 0 Å². The van der Waals surface area contributed by atoms with Crippen LogP contribution >= 0.6 is 35.7 Å². The maximum absolute atomic E-state index is 9.75. The van der Waals surface area contributed by atoms with E-state index in [0.717, 1.165) is 33.3 Å². The minimum Gasteiger partial charge on any atom is -0.508 e. The number of thiocarbonyl (C=S) groups is 1. The van der Waals surface area contributed by atoms with Gasteiger partial charge in [-0.05, 0) is 91.4 Å². The lowest BCUT2D eigenvalue weighted by Crippen LogP contribution is -2.41. The Morgan fingerprint density at radius 2 is 1.29 bits per heavy atom. The van der Waals surface area contributed by atoms with Crippen molar-refractivity contribution < 1.29 is 10.2 Å². The van der Waals surface area contributed by atoms with Gasteiger partial charge in [-0.3, -0.25) is 0 Å². The molecular weight excluding hydrogens is 493 g/mol. The number of nitrogens with zero attached hydrogens (tertiary/aromatic N) is 1. The lowest BCUT2D eigenvalue weighted by molar-refractivity contribution is 0.474. The lowest BCUT2D eigenvalue weighted by atomic mass is 10.2. The lowest BCUT2D eigenvalue weighted by Gasteiger charge is -2.34. The topological polar surface area (TPSA) is 55.7 Å². The molecule has 0 aliphatic rings. The number of anilines is 2. The minimum absolute atomic E-state index is 0.00438. The van der Waals surface area contributed by atoms with Crippen molar-refractivity contribution in [1.82, 2.24) is 0 Å². The zero-order valence-corrected chi connectivity index (χ0v) is 21.4. The predicted molar refractivity (Wildman–Crippen MR) is 153 cm³/mol. The smallest absolute Gasteiger partial charge is 0.178 e. The van der Waals surface area contributed by atoms with Crippen LogP contribution in [-0.4, -0.2) is 26.5 Å². The Hall–Kier alpha value is -3.13.